The molecule has 0 amide bonds. The highest BCUT2D eigenvalue weighted by Crippen LogP contribution is 2.50. The Morgan fingerprint density at radius 1 is 0.447 bits per heavy atom. The van der Waals surface area contributed by atoms with Gasteiger partial charge in [-0.3, -0.25) is 0 Å². The van der Waals surface area contributed by atoms with Gasteiger partial charge in [0, 0.05) is 44.5 Å². The van der Waals surface area contributed by atoms with E-state index in [4.69, 9.17) is 0 Å². The topological polar surface area (TPSA) is 9.86 Å². The molecule has 0 bridgehead atoms. The van der Waals surface area contributed by atoms with E-state index in [2.05, 4.69) is 181 Å². The van der Waals surface area contributed by atoms with Gasteiger partial charge in [-0.25, -0.2) is 0 Å². The molecule has 9 aromatic rings. The van der Waals surface area contributed by atoms with Crippen LogP contribution in [0, 0.1) is 0 Å². The second-order valence-corrected chi connectivity index (χ2v) is 13.4. The van der Waals surface area contributed by atoms with E-state index in [0.29, 0.717) is 0 Å². The van der Waals surface area contributed by atoms with E-state index in [9.17, 15) is 0 Å². The smallest absolute Gasteiger partial charge is 0.0619 e. The molecule has 0 unspecified atom stereocenters. The molecule has 0 aliphatic heterocycles. The lowest BCUT2D eigenvalue weighted by atomic mass is 9.82. The lowest BCUT2D eigenvalue weighted by Crippen LogP contribution is -2.15. The van der Waals surface area contributed by atoms with Crippen LogP contribution in [0.15, 0.2) is 158 Å². The summed E-state index contributed by atoms with van der Waals surface area (Å²) >= 11 is 0. The van der Waals surface area contributed by atoms with Crippen LogP contribution in [0.2, 0.25) is 0 Å². The van der Waals surface area contributed by atoms with E-state index in [0.717, 1.165) is 0 Å². The summed E-state index contributed by atoms with van der Waals surface area (Å²) in [7, 11) is 0. The van der Waals surface area contributed by atoms with Gasteiger partial charge in [0.25, 0.3) is 0 Å². The number of rotatable bonds is 3. The van der Waals surface area contributed by atoms with Crippen molar-refractivity contribution in [1.29, 1.82) is 0 Å². The summed E-state index contributed by atoms with van der Waals surface area (Å²) < 4.78 is 4.77. The minimum absolute atomic E-state index is 0.0615. The largest absolute Gasteiger partial charge is 0.317 e. The third kappa shape index (κ3) is 3.67. The maximum Gasteiger partial charge on any atom is 0.0619 e. The number of hydrogen-bond donors (Lipinski definition) is 0. The summed E-state index contributed by atoms with van der Waals surface area (Å²) in [6.07, 6.45) is 2.18. The van der Waals surface area contributed by atoms with Gasteiger partial charge >= 0.3 is 0 Å². The van der Waals surface area contributed by atoms with E-state index in [1.54, 1.807) is 0 Å². The Morgan fingerprint density at radius 2 is 1.17 bits per heavy atom. The fraction of sp³-hybridized carbons (Fsp3) is 0.0667. The first-order valence-corrected chi connectivity index (χ1v) is 16.4. The monoisotopic (exact) mass is 600 g/mol. The first-order chi connectivity index (χ1) is 23.1. The molecule has 0 N–H and O–H groups in total. The highest BCUT2D eigenvalue weighted by molar-refractivity contribution is 6.22. The summed E-state index contributed by atoms with van der Waals surface area (Å²) in [6.45, 7) is 4.72. The van der Waals surface area contributed by atoms with Crippen molar-refractivity contribution in [2.45, 2.75) is 19.3 Å². The zero-order chi connectivity index (χ0) is 31.3. The van der Waals surface area contributed by atoms with Crippen LogP contribution in [0.5, 0.6) is 0 Å². The van der Waals surface area contributed by atoms with Crippen molar-refractivity contribution in [3.8, 4) is 33.6 Å². The van der Waals surface area contributed by atoms with Gasteiger partial charge in [0.05, 0.1) is 16.6 Å². The molecule has 7 aromatic carbocycles. The molecular formula is C45H32N2. The maximum atomic E-state index is 2.50. The molecule has 1 aliphatic rings. The zero-order valence-electron chi connectivity index (χ0n) is 26.4. The fourth-order valence-electron chi connectivity index (χ4n) is 8.29. The van der Waals surface area contributed by atoms with Gasteiger partial charge in [0.1, 0.15) is 0 Å². The van der Waals surface area contributed by atoms with Crippen LogP contribution >= 0.6 is 0 Å². The average Bonchev–Trinajstić information content (AvgIpc) is 3.77. The Morgan fingerprint density at radius 3 is 2.04 bits per heavy atom. The van der Waals surface area contributed by atoms with E-state index < -0.39 is 0 Å². The van der Waals surface area contributed by atoms with Crippen molar-refractivity contribution in [3.63, 3.8) is 0 Å². The summed E-state index contributed by atoms with van der Waals surface area (Å²) in [5.41, 5.74) is 14.0. The van der Waals surface area contributed by atoms with Crippen molar-refractivity contribution in [2.75, 3.05) is 0 Å². The van der Waals surface area contributed by atoms with E-state index in [1.165, 1.54) is 88.2 Å². The van der Waals surface area contributed by atoms with Gasteiger partial charge in [-0.05, 0) is 93.4 Å². The first-order valence-electron chi connectivity index (χ1n) is 16.4. The SMILES string of the molecule is CC1(C)c2ccccc2-c2ccc(-n3c4ccccc4c4cc(-c5ccc6c(ccn6-c6ccccc6)c5)c5ccccc5c43)cc21. The van der Waals surface area contributed by atoms with Crippen molar-refractivity contribution in [1.82, 2.24) is 9.13 Å². The van der Waals surface area contributed by atoms with Crippen LogP contribution < -0.4 is 0 Å². The van der Waals surface area contributed by atoms with E-state index >= 15 is 0 Å². The fourth-order valence-corrected chi connectivity index (χ4v) is 8.29. The quantitative estimate of drug-likeness (QED) is 0.191. The number of benzene rings is 7. The summed E-state index contributed by atoms with van der Waals surface area (Å²) in [6, 6.07) is 55.9. The molecule has 0 spiro atoms. The molecule has 2 aromatic heterocycles. The molecular weight excluding hydrogens is 569 g/mol. The number of para-hydroxylation sites is 2. The molecule has 2 heterocycles. The highest BCUT2D eigenvalue weighted by Gasteiger charge is 2.35. The van der Waals surface area contributed by atoms with Crippen LogP contribution in [-0.4, -0.2) is 9.13 Å². The summed E-state index contributed by atoms with van der Waals surface area (Å²) in [5, 5.41) is 6.31. The summed E-state index contributed by atoms with van der Waals surface area (Å²) in [4.78, 5) is 0. The van der Waals surface area contributed by atoms with Gasteiger partial charge in [0.2, 0.25) is 0 Å². The van der Waals surface area contributed by atoms with Gasteiger partial charge in [-0.2, -0.15) is 0 Å². The van der Waals surface area contributed by atoms with Gasteiger partial charge in [-0.1, -0.05) is 111 Å². The average molecular weight is 601 g/mol. The minimum atomic E-state index is -0.0615. The van der Waals surface area contributed by atoms with Crippen LogP contribution in [0.25, 0.3) is 77.1 Å². The first kappa shape index (κ1) is 26.4. The molecule has 222 valence electrons. The number of aromatic nitrogens is 2. The van der Waals surface area contributed by atoms with Gasteiger partial charge < -0.3 is 9.13 Å². The Bertz CT molecular complexity index is 2700. The molecule has 1 aliphatic carbocycles. The highest BCUT2D eigenvalue weighted by atomic mass is 15.0. The Hall–Kier alpha value is -5.86. The molecule has 0 saturated carbocycles. The lowest BCUT2D eigenvalue weighted by molar-refractivity contribution is 0.660. The molecule has 10 rings (SSSR count). The molecule has 0 fully saturated rings. The third-order valence-electron chi connectivity index (χ3n) is 10.5. The molecule has 0 atom stereocenters. The van der Waals surface area contributed by atoms with Crippen LogP contribution in [0.1, 0.15) is 25.0 Å². The zero-order valence-corrected chi connectivity index (χ0v) is 26.4. The predicted octanol–water partition coefficient (Wildman–Crippen LogP) is 11.9. The number of fused-ring (bicyclic) bond motifs is 9. The number of hydrogen-bond acceptors (Lipinski definition) is 0. The number of nitrogens with zero attached hydrogens (tertiary/aromatic N) is 2. The van der Waals surface area contributed by atoms with E-state index in [-0.39, 0.29) is 5.41 Å². The maximum absolute atomic E-state index is 2.50. The minimum Gasteiger partial charge on any atom is -0.317 e. The van der Waals surface area contributed by atoms with Crippen LogP contribution in [0.3, 0.4) is 0 Å². The van der Waals surface area contributed by atoms with Crippen molar-refractivity contribution in [3.05, 3.63) is 169 Å². The molecule has 0 saturated heterocycles. The van der Waals surface area contributed by atoms with Crippen molar-refractivity contribution in [2.24, 2.45) is 0 Å². The molecule has 2 nitrogen and oxygen atoms in total. The van der Waals surface area contributed by atoms with Crippen LogP contribution in [-0.2, 0) is 5.41 Å². The van der Waals surface area contributed by atoms with Crippen LogP contribution in [0.4, 0.5) is 0 Å². The Balaban J connectivity index is 1.22. The molecule has 0 radical (unpaired) electrons. The van der Waals surface area contributed by atoms with Gasteiger partial charge in [-0.15, -0.1) is 0 Å². The van der Waals surface area contributed by atoms with E-state index in [1.807, 2.05) is 0 Å². The predicted molar refractivity (Wildman–Crippen MR) is 198 cm³/mol. The normalized spacial score (nSPS) is 13.5. The Labute approximate surface area is 273 Å². The molecule has 2 heteroatoms. The Kier molecular flexibility index (Phi) is 5.37. The van der Waals surface area contributed by atoms with Crippen molar-refractivity contribution < 1.29 is 0 Å². The summed E-state index contributed by atoms with van der Waals surface area (Å²) in [5.74, 6) is 0. The lowest BCUT2D eigenvalue weighted by Gasteiger charge is -2.22. The second kappa shape index (κ2) is 9.57. The molecule has 47 heavy (non-hydrogen) atoms. The van der Waals surface area contributed by atoms with Gasteiger partial charge in [0.15, 0.2) is 0 Å². The van der Waals surface area contributed by atoms with Crippen molar-refractivity contribution >= 4 is 43.5 Å². The third-order valence-corrected chi connectivity index (χ3v) is 10.5. The standard InChI is InChI=1S/C45H32N2/c1-45(2)40-18-10-8-15-34(40)35-22-21-32(27-41(35)45)47-43-19-11-9-16-36(43)39-28-38(33-14-6-7-17-37(33)44(39)47)29-20-23-42-30(26-29)24-25-46(42)31-12-4-3-5-13-31/h3-28H,1-2H3. The second-order valence-electron chi connectivity index (χ2n) is 13.4.